The Balaban J connectivity index is 0.000000490. The van der Waals surface area contributed by atoms with Gasteiger partial charge in [0, 0.05) is 0 Å². The van der Waals surface area contributed by atoms with E-state index in [1.54, 1.807) is 0 Å². The SMILES string of the molecule is O=C1CN=C([O-])N1.[Ag+]. The normalized spacial score (nSPS) is 16.5. The van der Waals surface area contributed by atoms with E-state index < -0.39 is 6.02 Å². The maximum Gasteiger partial charge on any atom is 1.00 e. The van der Waals surface area contributed by atoms with Crippen molar-refractivity contribution in [3.8, 4) is 0 Å². The van der Waals surface area contributed by atoms with Crippen LogP contribution in [0.2, 0.25) is 0 Å². The molecule has 0 aromatic carbocycles. The number of nitrogens with zero attached hydrogens (tertiary/aromatic N) is 1. The third-order valence-electron chi connectivity index (χ3n) is 0.613. The van der Waals surface area contributed by atoms with Crippen LogP contribution in [0.25, 0.3) is 0 Å². The number of aliphatic imine (C=N–C) groups is 1. The molecule has 0 atom stereocenters. The van der Waals surface area contributed by atoms with Crippen molar-refractivity contribution in [1.82, 2.24) is 5.32 Å². The molecule has 1 N–H and O–H groups in total. The molecule has 8 heavy (non-hydrogen) atoms. The fraction of sp³-hybridized carbons (Fsp3) is 0.333. The van der Waals surface area contributed by atoms with Gasteiger partial charge in [-0.15, -0.1) is 0 Å². The fourth-order valence-electron chi connectivity index (χ4n) is 0.342. The van der Waals surface area contributed by atoms with E-state index in [9.17, 15) is 9.90 Å². The molecule has 0 aliphatic carbocycles. The number of rotatable bonds is 0. The van der Waals surface area contributed by atoms with Crippen LogP contribution < -0.4 is 10.4 Å². The average molecular weight is 207 g/mol. The first-order valence-corrected chi connectivity index (χ1v) is 1.80. The van der Waals surface area contributed by atoms with E-state index in [1.165, 1.54) is 0 Å². The van der Waals surface area contributed by atoms with Crippen LogP contribution in [0.3, 0.4) is 0 Å². The number of amides is 1. The van der Waals surface area contributed by atoms with Crippen molar-refractivity contribution >= 4 is 11.9 Å². The number of hydrogen-bond donors (Lipinski definition) is 1. The number of nitrogens with one attached hydrogen (secondary N) is 1. The van der Waals surface area contributed by atoms with Crippen molar-refractivity contribution in [3.05, 3.63) is 0 Å². The Morgan fingerprint density at radius 3 is 2.50 bits per heavy atom. The molecular formula is C3H3AgN2O2. The zero-order valence-corrected chi connectivity index (χ0v) is 5.25. The molecule has 0 bridgehead atoms. The minimum Gasteiger partial charge on any atom is -0.846 e. The topological polar surface area (TPSA) is 64.5 Å². The molecule has 1 aliphatic rings. The minimum absolute atomic E-state index is 0. The minimum atomic E-state index is -0.523. The van der Waals surface area contributed by atoms with Gasteiger partial charge in [0.25, 0.3) is 0 Å². The maximum atomic E-state index is 10.0. The quantitative estimate of drug-likeness (QED) is 0.459. The summed E-state index contributed by atoms with van der Waals surface area (Å²) in [4.78, 5) is 13.2. The average Bonchev–Trinajstić information content (AvgIpc) is 1.87. The van der Waals surface area contributed by atoms with Crippen LogP contribution in [-0.2, 0) is 27.2 Å². The Hall–Kier alpha value is -0.320. The zero-order valence-electron chi connectivity index (χ0n) is 3.77. The third-order valence-corrected chi connectivity index (χ3v) is 0.613. The smallest absolute Gasteiger partial charge is 0.846 e. The van der Waals surface area contributed by atoms with E-state index in [1.807, 2.05) is 5.32 Å². The van der Waals surface area contributed by atoms with Crippen molar-refractivity contribution < 1.29 is 32.3 Å². The molecule has 0 saturated heterocycles. The Labute approximate surface area is 61.5 Å². The summed E-state index contributed by atoms with van der Waals surface area (Å²) in [5.74, 6) is -0.315. The Bertz CT molecular complexity index is 133. The Morgan fingerprint density at radius 2 is 2.38 bits per heavy atom. The largest absolute Gasteiger partial charge is 1.00 e. The van der Waals surface area contributed by atoms with Gasteiger partial charge in [0.05, 0.1) is 6.02 Å². The van der Waals surface area contributed by atoms with E-state index in [0.29, 0.717) is 0 Å². The van der Waals surface area contributed by atoms with Crippen molar-refractivity contribution in [2.24, 2.45) is 4.99 Å². The van der Waals surface area contributed by atoms with Crippen molar-refractivity contribution in [2.75, 3.05) is 6.54 Å². The molecule has 4 nitrogen and oxygen atoms in total. The molecule has 0 spiro atoms. The fourth-order valence-corrected chi connectivity index (χ4v) is 0.342. The molecular weight excluding hydrogens is 204 g/mol. The van der Waals surface area contributed by atoms with E-state index in [-0.39, 0.29) is 34.8 Å². The summed E-state index contributed by atoms with van der Waals surface area (Å²) in [5.41, 5.74) is 0. The van der Waals surface area contributed by atoms with Gasteiger partial charge in [0.1, 0.15) is 6.54 Å². The van der Waals surface area contributed by atoms with E-state index in [0.717, 1.165) is 0 Å². The second-order valence-electron chi connectivity index (χ2n) is 1.17. The van der Waals surface area contributed by atoms with Gasteiger partial charge in [-0.1, -0.05) is 0 Å². The summed E-state index contributed by atoms with van der Waals surface area (Å²) in [7, 11) is 0. The first-order chi connectivity index (χ1) is 3.29. The first-order valence-electron chi connectivity index (χ1n) is 1.80. The first kappa shape index (κ1) is 7.68. The predicted molar refractivity (Wildman–Crippen MR) is 20.4 cm³/mol. The van der Waals surface area contributed by atoms with Gasteiger partial charge in [-0.05, 0) is 0 Å². The zero-order chi connectivity index (χ0) is 5.28. The van der Waals surface area contributed by atoms with E-state index >= 15 is 0 Å². The molecule has 5 heteroatoms. The molecule has 0 fully saturated rings. The molecule has 1 heterocycles. The number of carbonyl (C=O) groups is 1. The molecule has 1 amide bonds. The van der Waals surface area contributed by atoms with Crippen LogP contribution in [0.15, 0.2) is 4.99 Å². The predicted octanol–water partition coefficient (Wildman–Crippen LogP) is -2.17. The second kappa shape index (κ2) is 2.86. The number of carbonyl (C=O) groups excluding carboxylic acids is 1. The molecule has 48 valence electrons. The van der Waals surface area contributed by atoms with Crippen LogP contribution in [0.1, 0.15) is 0 Å². The van der Waals surface area contributed by atoms with Crippen molar-refractivity contribution in [1.29, 1.82) is 0 Å². The summed E-state index contributed by atoms with van der Waals surface area (Å²) < 4.78 is 0. The molecule has 0 saturated carbocycles. The Morgan fingerprint density at radius 1 is 1.75 bits per heavy atom. The number of hydrogen-bond acceptors (Lipinski definition) is 3. The molecule has 0 radical (unpaired) electrons. The molecule has 1 aliphatic heterocycles. The molecule has 0 unspecified atom stereocenters. The summed E-state index contributed by atoms with van der Waals surface area (Å²) in [6.07, 6.45) is 0. The summed E-state index contributed by atoms with van der Waals surface area (Å²) in [6.45, 7) is -0.00116. The molecule has 0 aromatic rings. The molecule has 1 rings (SSSR count). The van der Waals surface area contributed by atoms with Gasteiger partial charge in [0.15, 0.2) is 0 Å². The van der Waals surface area contributed by atoms with Gasteiger partial charge in [-0.3, -0.25) is 9.79 Å². The maximum absolute atomic E-state index is 10.0. The van der Waals surface area contributed by atoms with Gasteiger partial charge in [-0.2, -0.15) is 0 Å². The summed E-state index contributed by atoms with van der Waals surface area (Å²) in [5, 5.41) is 11.9. The Kier molecular flexibility index (Phi) is 2.75. The number of amidine groups is 1. The second-order valence-corrected chi connectivity index (χ2v) is 1.17. The van der Waals surface area contributed by atoms with Crippen LogP contribution >= 0.6 is 0 Å². The van der Waals surface area contributed by atoms with Gasteiger partial charge < -0.3 is 10.4 Å². The van der Waals surface area contributed by atoms with Crippen LogP contribution in [0.5, 0.6) is 0 Å². The van der Waals surface area contributed by atoms with Crippen molar-refractivity contribution in [2.45, 2.75) is 0 Å². The standard InChI is InChI=1S/C3H4N2O2.Ag/c6-2-1-4-3(7)5-2;/h1H2,(H2,4,5,6,7);/q;+1/p-1. The van der Waals surface area contributed by atoms with Crippen LogP contribution in [0, 0.1) is 0 Å². The van der Waals surface area contributed by atoms with Crippen LogP contribution in [-0.4, -0.2) is 18.5 Å². The monoisotopic (exact) mass is 206 g/mol. The summed E-state index contributed by atoms with van der Waals surface area (Å²) in [6, 6.07) is -0.523. The summed E-state index contributed by atoms with van der Waals surface area (Å²) >= 11 is 0. The van der Waals surface area contributed by atoms with E-state index in [2.05, 4.69) is 4.99 Å². The molecule has 0 aromatic heterocycles. The van der Waals surface area contributed by atoms with Gasteiger partial charge in [0.2, 0.25) is 5.91 Å². The van der Waals surface area contributed by atoms with E-state index in [4.69, 9.17) is 0 Å². The van der Waals surface area contributed by atoms with Crippen LogP contribution in [0.4, 0.5) is 0 Å². The van der Waals surface area contributed by atoms with Gasteiger partial charge in [-0.25, -0.2) is 0 Å². The third kappa shape index (κ3) is 1.65. The van der Waals surface area contributed by atoms with Crippen molar-refractivity contribution in [3.63, 3.8) is 0 Å². The van der Waals surface area contributed by atoms with Gasteiger partial charge >= 0.3 is 22.4 Å².